The number of amides is 1. The molecule has 0 unspecified atom stereocenters. The SMILES string of the molecule is Cc1ccc(S(=O)(=O)N(CC(=O)N2CCCCCC2)c2ccc(C)c(C)c2)cc1. The van der Waals surface area contributed by atoms with E-state index >= 15 is 0 Å². The highest BCUT2D eigenvalue weighted by molar-refractivity contribution is 7.92. The van der Waals surface area contributed by atoms with Gasteiger partial charge in [-0.05, 0) is 69.0 Å². The van der Waals surface area contributed by atoms with Crippen molar-refractivity contribution in [3.05, 3.63) is 59.2 Å². The lowest BCUT2D eigenvalue weighted by atomic mass is 10.1. The van der Waals surface area contributed by atoms with Crippen molar-refractivity contribution in [2.45, 2.75) is 51.3 Å². The van der Waals surface area contributed by atoms with Crippen LogP contribution in [0.25, 0.3) is 0 Å². The van der Waals surface area contributed by atoms with Gasteiger partial charge in [0.05, 0.1) is 10.6 Å². The molecule has 0 saturated carbocycles. The summed E-state index contributed by atoms with van der Waals surface area (Å²) in [5.41, 5.74) is 3.59. The monoisotopic (exact) mass is 414 g/mol. The van der Waals surface area contributed by atoms with Crippen molar-refractivity contribution in [2.24, 2.45) is 0 Å². The molecule has 0 spiro atoms. The molecule has 0 aliphatic carbocycles. The van der Waals surface area contributed by atoms with E-state index in [2.05, 4.69) is 0 Å². The predicted molar refractivity (Wildman–Crippen MR) is 117 cm³/mol. The number of hydrogen-bond acceptors (Lipinski definition) is 3. The Labute approximate surface area is 174 Å². The third-order valence-electron chi connectivity index (χ3n) is 5.63. The quantitative estimate of drug-likeness (QED) is 0.736. The van der Waals surface area contributed by atoms with Gasteiger partial charge in [-0.3, -0.25) is 9.10 Å². The molecule has 0 radical (unpaired) electrons. The van der Waals surface area contributed by atoms with Crippen LogP contribution in [0.2, 0.25) is 0 Å². The first kappa shape index (κ1) is 21.4. The lowest BCUT2D eigenvalue weighted by Crippen LogP contribution is -2.43. The highest BCUT2D eigenvalue weighted by Gasteiger charge is 2.29. The molecule has 2 aromatic carbocycles. The van der Waals surface area contributed by atoms with Gasteiger partial charge in [0.2, 0.25) is 5.91 Å². The van der Waals surface area contributed by atoms with E-state index in [0.29, 0.717) is 18.8 Å². The molecule has 3 rings (SSSR count). The second-order valence-electron chi connectivity index (χ2n) is 7.89. The molecule has 6 heteroatoms. The zero-order chi connectivity index (χ0) is 21.0. The second kappa shape index (κ2) is 8.99. The molecule has 5 nitrogen and oxygen atoms in total. The Balaban J connectivity index is 1.98. The first-order valence-corrected chi connectivity index (χ1v) is 11.7. The Morgan fingerprint density at radius 3 is 2.10 bits per heavy atom. The normalized spacial score (nSPS) is 15.1. The van der Waals surface area contributed by atoms with Crippen molar-refractivity contribution in [3.63, 3.8) is 0 Å². The molecule has 29 heavy (non-hydrogen) atoms. The Kier molecular flexibility index (Phi) is 6.63. The zero-order valence-electron chi connectivity index (χ0n) is 17.5. The van der Waals surface area contributed by atoms with Crippen molar-refractivity contribution in [1.29, 1.82) is 0 Å². The van der Waals surface area contributed by atoms with E-state index in [1.165, 1.54) is 4.31 Å². The number of rotatable bonds is 5. The Hall–Kier alpha value is -2.34. The van der Waals surface area contributed by atoms with E-state index in [1.54, 1.807) is 30.3 Å². The second-order valence-corrected chi connectivity index (χ2v) is 9.75. The minimum atomic E-state index is -3.86. The van der Waals surface area contributed by atoms with E-state index < -0.39 is 10.0 Å². The van der Waals surface area contributed by atoms with Crippen LogP contribution in [-0.2, 0) is 14.8 Å². The highest BCUT2D eigenvalue weighted by Crippen LogP contribution is 2.26. The molecule has 0 N–H and O–H groups in total. The topological polar surface area (TPSA) is 57.7 Å². The molecule has 1 amide bonds. The standard InChI is InChI=1S/C23H30N2O3S/c1-18-8-12-22(13-9-18)29(27,28)25(21-11-10-19(2)20(3)16-21)17-23(26)24-14-6-4-5-7-15-24/h8-13,16H,4-7,14-15,17H2,1-3H3. The van der Waals surface area contributed by atoms with Crippen LogP contribution in [0.4, 0.5) is 5.69 Å². The van der Waals surface area contributed by atoms with Crippen molar-refractivity contribution in [3.8, 4) is 0 Å². The Morgan fingerprint density at radius 2 is 1.52 bits per heavy atom. The number of benzene rings is 2. The fraction of sp³-hybridized carbons (Fsp3) is 0.435. The van der Waals surface area contributed by atoms with Gasteiger partial charge in [-0.25, -0.2) is 8.42 Å². The lowest BCUT2D eigenvalue weighted by Gasteiger charge is -2.28. The minimum Gasteiger partial charge on any atom is -0.341 e. The average molecular weight is 415 g/mol. The third kappa shape index (κ3) is 4.99. The molecule has 1 fully saturated rings. The van der Waals surface area contributed by atoms with Gasteiger partial charge < -0.3 is 4.90 Å². The number of carbonyl (C=O) groups is 1. The fourth-order valence-electron chi connectivity index (χ4n) is 3.58. The van der Waals surface area contributed by atoms with Gasteiger partial charge in [0.1, 0.15) is 6.54 Å². The molecule has 0 aromatic heterocycles. The number of aryl methyl sites for hydroxylation is 3. The molecule has 2 aromatic rings. The first-order valence-electron chi connectivity index (χ1n) is 10.2. The average Bonchev–Trinajstić information content (AvgIpc) is 2.98. The largest absolute Gasteiger partial charge is 0.341 e. The predicted octanol–water partition coefficient (Wildman–Crippen LogP) is 4.21. The molecule has 0 bridgehead atoms. The number of nitrogens with zero attached hydrogens (tertiary/aromatic N) is 2. The van der Waals surface area contributed by atoms with Crippen LogP contribution in [0.5, 0.6) is 0 Å². The van der Waals surface area contributed by atoms with Gasteiger partial charge >= 0.3 is 0 Å². The first-order chi connectivity index (χ1) is 13.8. The summed E-state index contributed by atoms with van der Waals surface area (Å²) >= 11 is 0. The van der Waals surface area contributed by atoms with Crippen LogP contribution in [0.1, 0.15) is 42.4 Å². The minimum absolute atomic E-state index is 0.138. The van der Waals surface area contributed by atoms with E-state index in [9.17, 15) is 13.2 Å². The van der Waals surface area contributed by atoms with Gasteiger partial charge in [-0.2, -0.15) is 0 Å². The number of sulfonamides is 1. The van der Waals surface area contributed by atoms with Gasteiger partial charge in [-0.15, -0.1) is 0 Å². The zero-order valence-corrected chi connectivity index (χ0v) is 18.3. The highest BCUT2D eigenvalue weighted by atomic mass is 32.2. The van der Waals surface area contributed by atoms with Crippen LogP contribution >= 0.6 is 0 Å². The van der Waals surface area contributed by atoms with Crippen LogP contribution in [0.15, 0.2) is 47.4 Å². The lowest BCUT2D eigenvalue weighted by molar-refractivity contribution is -0.129. The van der Waals surface area contributed by atoms with Gasteiger partial charge in [0, 0.05) is 13.1 Å². The molecule has 1 saturated heterocycles. The van der Waals surface area contributed by atoms with E-state index in [4.69, 9.17) is 0 Å². The summed E-state index contributed by atoms with van der Waals surface area (Å²) in [4.78, 5) is 15.0. The van der Waals surface area contributed by atoms with E-state index in [-0.39, 0.29) is 17.3 Å². The number of carbonyl (C=O) groups excluding carboxylic acids is 1. The van der Waals surface area contributed by atoms with Crippen LogP contribution in [-0.4, -0.2) is 38.9 Å². The van der Waals surface area contributed by atoms with E-state index in [0.717, 1.165) is 42.4 Å². The molecule has 156 valence electrons. The van der Waals surface area contributed by atoms with Gasteiger partial charge in [-0.1, -0.05) is 36.6 Å². The van der Waals surface area contributed by atoms with Gasteiger partial charge in [0.25, 0.3) is 10.0 Å². The molecule has 0 atom stereocenters. The fourth-order valence-corrected chi connectivity index (χ4v) is 4.98. The van der Waals surface area contributed by atoms with Crippen LogP contribution < -0.4 is 4.31 Å². The maximum atomic E-state index is 13.5. The van der Waals surface area contributed by atoms with Crippen molar-refractivity contribution < 1.29 is 13.2 Å². The summed E-state index contributed by atoms with van der Waals surface area (Å²) in [5.74, 6) is -0.138. The molecular weight excluding hydrogens is 384 g/mol. The van der Waals surface area contributed by atoms with Crippen molar-refractivity contribution >= 4 is 21.6 Å². The van der Waals surface area contributed by atoms with Gasteiger partial charge in [0.15, 0.2) is 0 Å². The molecule has 1 aliphatic heterocycles. The smallest absolute Gasteiger partial charge is 0.264 e. The van der Waals surface area contributed by atoms with E-state index in [1.807, 2.05) is 37.8 Å². The van der Waals surface area contributed by atoms with Crippen LogP contribution in [0.3, 0.4) is 0 Å². The van der Waals surface area contributed by atoms with Crippen molar-refractivity contribution in [1.82, 2.24) is 4.90 Å². The molecule has 1 heterocycles. The maximum Gasteiger partial charge on any atom is 0.264 e. The Bertz CT molecular complexity index is 960. The summed E-state index contributed by atoms with van der Waals surface area (Å²) in [7, 11) is -3.86. The van der Waals surface area contributed by atoms with Crippen molar-refractivity contribution in [2.75, 3.05) is 23.9 Å². The summed E-state index contributed by atoms with van der Waals surface area (Å²) in [6, 6.07) is 12.3. The summed E-state index contributed by atoms with van der Waals surface area (Å²) in [6.07, 6.45) is 4.18. The summed E-state index contributed by atoms with van der Waals surface area (Å²) in [5, 5.41) is 0. The summed E-state index contributed by atoms with van der Waals surface area (Å²) < 4.78 is 28.2. The number of hydrogen-bond donors (Lipinski definition) is 0. The molecular formula is C23H30N2O3S. The van der Waals surface area contributed by atoms with Crippen LogP contribution in [0, 0.1) is 20.8 Å². The number of anilines is 1. The number of likely N-dealkylation sites (tertiary alicyclic amines) is 1. The molecule has 1 aliphatic rings. The summed E-state index contributed by atoms with van der Waals surface area (Å²) in [6.45, 7) is 7.07. The maximum absolute atomic E-state index is 13.5. The third-order valence-corrected chi connectivity index (χ3v) is 7.41. The Morgan fingerprint density at radius 1 is 0.897 bits per heavy atom.